The smallest absolute Gasteiger partial charge is 0.392 e. The van der Waals surface area contributed by atoms with Crippen LogP contribution in [0.5, 0.6) is 0 Å². The first-order valence-corrected chi connectivity index (χ1v) is 6.28. The molecule has 3 rings (SSSR count). The zero-order valence-corrected chi connectivity index (χ0v) is 10.9. The minimum Gasteiger partial charge on any atom is -0.392 e. The molecule has 0 saturated heterocycles. The van der Waals surface area contributed by atoms with Gasteiger partial charge in [0.2, 0.25) is 0 Å². The Morgan fingerprint density at radius 2 is 1.95 bits per heavy atom. The highest BCUT2D eigenvalue weighted by Crippen LogP contribution is 2.37. The molecule has 0 radical (unpaired) electrons. The lowest BCUT2D eigenvalue weighted by Gasteiger charge is -2.13. The van der Waals surface area contributed by atoms with Crippen LogP contribution in [0.3, 0.4) is 0 Å². The predicted octanol–water partition coefficient (Wildman–Crippen LogP) is 3.19. The van der Waals surface area contributed by atoms with Gasteiger partial charge in [-0.1, -0.05) is 0 Å². The number of aromatic nitrogens is 1. The van der Waals surface area contributed by atoms with Crippen molar-refractivity contribution in [2.75, 3.05) is 0 Å². The standard InChI is InChI=1S/C15H11F3N2O/c16-15(17,18)12-2-11-6-20-7-14(11)13(3-12)10-1-9(8-21)4-19-5-10/h1-5,7,21H,6,8H2. The maximum atomic E-state index is 13.0. The van der Waals surface area contributed by atoms with Gasteiger partial charge in [0.25, 0.3) is 0 Å². The Morgan fingerprint density at radius 1 is 1.14 bits per heavy atom. The summed E-state index contributed by atoms with van der Waals surface area (Å²) in [4.78, 5) is 8.00. The molecule has 1 aliphatic rings. The van der Waals surface area contributed by atoms with Gasteiger partial charge in [0.15, 0.2) is 0 Å². The summed E-state index contributed by atoms with van der Waals surface area (Å²) in [5, 5.41) is 9.14. The topological polar surface area (TPSA) is 45.5 Å². The van der Waals surface area contributed by atoms with Crippen molar-refractivity contribution in [2.45, 2.75) is 19.3 Å². The fraction of sp³-hybridized carbons (Fsp3) is 0.200. The summed E-state index contributed by atoms with van der Waals surface area (Å²) in [5.74, 6) is 0. The molecule has 3 nitrogen and oxygen atoms in total. The van der Waals surface area contributed by atoms with Gasteiger partial charge in [-0.2, -0.15) is 13.2 Å². The van der Waals surface area contributed by atoms with Crippen molar-refractivity contribution in [3.8, 4) is 11.1 Å². The largest absolute Gasteiger partial charge is 0.416 e. The number of rotatable bonds is 2. The maximum absolute atomic E-state index is 13.0. The quantitative estimate of drug-likeness (QED) is 0.924. The van der Waals surface area contributed by atoms with E-state index in [1.165, 1.54) is 12.4 Å². The van der Waals surface area contributed by atoms with Crippen molar-refractivity contribution in [3.63, 3.8) is 0 Å². The summed E-state index contributed by atoms with van der Waals surface area (Å²) in [6.07, 6.45) is 0.136. The minimum atomic E-state index is -4.41. The number of aliphatic hydroxyl groups is 1. The highest BCUT2D eigenvalue weighted by molar-refractivity contribution is 5.94. The minimum absolute atomic E-state index is 0.212. The van der Waals surface area contributed by atoms with Crippen LogP contribution in [-0.2, 0) is 19.3 Å². The van der Waals surface area contributed by atoms with Gasteiger partial charge in [-0.25, -0.2) is 0 Å². The normalized spacial score (nSPS) is 13.5. The third-order valence-corrected chi connectivity index (χ3v) is 3.36. The molecule has 0 aliphatic carbocycles. The van der Waals surface area contributed by atoms with E-state index < -0.39 is 11.7 Å². The molecule has 6 heteroatoms. The Labute approximate surface area is 118 Å². The average molecular weight is 292 g/mol. The molecule has 0 spiro atoms. The van der Waals surface area contributed by atoms with Gasteiger partial charge in [0.1, 0.15) is 0 Å². The first kappa shape index (κ1) is 13.8. The van der Waals surface area contributed by atoms with Crippen molar-refractivity contribution in [1.29, 1.82) is 0 Å². The maximum Gasteiger partial charge on any atom is 0.416 e. The molecule has 2 heterocycles. The lowest BCUT2D eigenvalue weighted by molar-refractivity contribution is -0.137. The Hall–Kier alpha value is -2.21. The van der Waals surface area contributed by atoms with E-state index in [9.17, 15) is 13.2 Å². The predicted molar refractivity (Wildman–Crippen MR) is 71.9 cm³/mol. The highest BCUT2D eigenvalue weighted by Gasteiger charge is 2.32. The summed E-state index contributed by atoms with van der Waals surface area (Å²) in [7, 11) is 0. The van der Waals surface area contributed by atoms with Crippen LogP contribution in [-0.4, -0.2) is 16.3 Å². The number of hydrogen-bond acceptors (Lipinski definition) is 3. The van der Waals surface area contributed by atoms with Crippen LogP contribution in [0.2, 0.25) is 0 Å². The van der Waals surface area contributed by atoms with Gasteiger partial charge in [-0.3, -0.25) is 9.98 Å². The number of nitrogens with zero attached hydrogens (tertiary/aromatic N) is 2. The van der Waals surface area contributed by atoms with Crippen molar-refractivity contribution in [1.82, 2.24) is 4.98 Å². The molecule has 1 aromatic heterocycles. The first-order valence-electron chi connectivity index (χ1n) is 6.28. The third-order valence-electron chi connectivity index (χ3n) is 3.36. The van der Waals surface area contributed by atoms with E-state index >= 15 is 0 Å². The fourth-order valence-electron chi connectivity index (χ4n) is 2.36. The first-order chi connectivity index (χ1) is 9.99. The van der Waals surface area contributed by atoms with E-state index in [1.807, 2.05) is 0 Å². The Balaban J connectivity index is 2.21. The van der Waals surface area contributed by atoms with Gasteiger partial charge < -0.3 is 5.11 Å². The molecule has 108 valence electrons. The molecule has 0 unspecified atom stereocenters. The molecule has 0 amide bonds. The van der Waals surface area contributed by atoms with E-state index in [2.05, 4.69) is 9.98 Å². The summed E-state index contributed by atoms with van der Waals surface area (Å²) >= 11 is 0. The summed E-state index contributed by atoms with van der Waals surface area (Å²) in [5.41, 5.74) is 2.06. The van der Waals surface area contributed by atoms with Crippen LogP contribution in [0.25, 0.3) is 11.1 Å². The highest BCUT2D eigenvalue weighted by atomic mass is 19.4. The molecular formula is C15H11F3N2O. The van der Waals surface area contributed by atoms with Gasteiger partial charge in [-0.15, -0.1) is 0 Å². The number of aliphatic hydroxyl groups excluding tert-OH is 1. The summed E-state index contributed by atoms with van der Waals surface area (Å²) in [6.45, 7) is 0.0372. The number of fused-ring (bicyclic) bond motifs is 1. The molecule has 21 heavy (non-hydrogen) atoms. The zero-order valence-electron chi connectivity index (χ0n) is 10.9. The monoisotopic (exact) mass is 292 g/mol. The van der Waals surface area contributed by atoms with Crippen LogP contribution in [0, 0.1) is 0 Å². The second kappa shape index (κ2) is 4.96. The molecule has 2 aromatic rings. The molecule has 1 N–H and O–H groups in total. The van der Waals surface area contributed by atoms with Crippen LogP contribution in [0.15, 0.2) is 35.6 Å². The average Bonchev–Trinajstić information content (AvgIpc) is 2.93. The Bertz CT molecular complexity index is 723. The number of aliphatic imine (C=N–C) groups is 1. The van der Waals surface area contributed by atoms with E-state index in [0.29, 0.717) is 27.8 Å². The van der Waals surface area contributed by atoms with Crippen molar-refractivity contribution in [3.05, 3.63) is 52.8 Å². The molecule has 0 fully saturated rings. The Kier molecular flexibility index (Phi) is 3.25. The van der Waals surface area contributed by atoms with Crippen LogP contribution in [0.4, 0.5) is 13.2 Å². The van der Waals surface area contributed by atoms with Crippen molar-refractivity contribution in [2.24, 2.45) is 4.99 Å². The fourth-order valence-corrected chi connectivity index (χ4v) is 2.36. The van der Waals surface area contributed by atoms with Gasteiger partial charge >= 0.3 is 6.18 Å². The van der Waals surface area contributed by atoms with E-state index in [-0.39, 0.29) is 13.2 Å². The third kappa shape index (κ3) is 2.54. The van der Waals surface area contributed by atoms with Crippen LogP contribution in [0.1, 0.15) is 22.3 Å². The number of pyridine rings is 1. The second-order valence-corrected chi connectivity index (χ2v) is 4.80. The van der Waals surface area contributed by atoms with Crippen LogP contribution >= 0.6 is 0 Å². The van der Waals surface area contributed by atoms with Crippen molar-refractivity contribution >= 4 is 6.21 Å². The summed E-state index contributed by atoms with van der Waals surface area (Å²) in [6, 6.07) is 3.87. The molecule has 0 bridgehead atoms. The lowest BCUT2D eigenvalue weighted by atomic mass is 9.94. The lowest BCUT2D eigenvalue weighted by Crippen LogP contribution is -2.07. The van der Waals surface area contributed by atoms with E-state index in [1.54, 1.807) is 12.3 Å². The van der Waals surface area contributed by atoms with E-state index in [4.69, 9.17) is 5.11 Å². The second-order valence-electron chi connectivity index (χ2n) is 4.80. The molecule has 0 saturated carbocycles. The van der Waals surface area contributed by atoms with Gasteiger partial charge in [-0.05, 0) is 34.9 Å². The number of benzene rings is 1. The molecule has 0 atom stereocenters. The van der Waals surface area contributed by atoms with Gasteiger partial charge in [0.05, 0.1) is 18.7 Å². The molecule has 1 aromatic carbocycles. The Morgan fingerprint density at radius 3 is 2.67 bits per heavy atom. The van der Waals surface area contributed by atoms with Crippen molar-refractivity contribution < 1.29 is 18.3 Å². The number of alkyl halides is 3. The molecular weight excluding hydrogens is 281 g/mol. The SMILES string of the molecule is OCc1cncc(-c2cc(C(F)(F)F)cc3c2C=NC3)c1. The number of halogens is 3. The zero-order chi connectivity index (χ0) is 15.0. The van der Waals surface area contributed by atoms with Crippen LogP contribution < -0.4 is 0 Å². The van der Waals surface area contributed by atoms with Gasteiger partial charge in [0, 0.05) is 29.7 Å². The van der Waals surface area contributed by atoms with E-state index in [0.717, 1.165) is 12.1 Å². The summed E-state index contributed by atoms with van der Waals surface area (Å²) < 4.78 is 39.0. The molecule has 1 aliphatic heterocycles. The number of hydrogen-bond donors (Lipinski definition) is 1.